The van der Waals surface area contributed by atoms with E-state index in [9.17, 15) is 14.4 Å². The number of carbonyl (C=O) groups is 3. The average Bonchev–Trinajstić information content (AvgIpc) is 3.10. The molecule has 0 radical (unpaired) electrons. The molecule has 3 amide bonds. The third kappa shape index (κ3) is 8.91. The van der Waals surface area contributed by atoms with Gasteiger partial charge in [-0.05, 0) is 78.7 Å². The van der Waals surface area contributed by atoms with E-state index in [0.717, 1.165) is 16.0 Å². The van der Waals surface area contributed by atoms with Crippen molar-refractivity contribution in [2.45, 2.75) is 17.1 Å². The van der Waals surface area contributed by atoms with Gasteiger partial charge in [0.15, 0.2) is 0 Å². The maximum atomic E-state index is 13.6. The Morgan fingerprint density at radius 3 is 2.15 bits per heavy atom. The molecular formula is C38H32ClN3O4S. The lowest BCUT2D eigenvalue weighted by atomic mass is 10.1. The van der Waals surface area contributed by atoms with Crippen LogP contribution in [0.15, 0.2) is 138 Å². The zero-order valence-electron chi connectivity index (χ0n) is 25.7. The summed E-state index contributed by atoms with van der Waals surface area (Å²) in [4.78, 5) is 41.0. The number of carbonyl (C=O) groups excluding carboxylic acids is 3. The van der Waals surface area contributed by atoms with Crippen molar-refractivity contribution in [3.8, 4) is 5.75 Å². The van der Waals surface area contributed by atoms with Crippen molar-refractivity contribution in [1.82, 2.24) is 5.32 Å². The van der Waals surface area contributed by atoms with Crippen LogP contribution in [0, 0.1) is 6.92 Å². The number of hydrogen-bond acceptors (Lipinski definition) is 5. The highest BCUT2D eigenvalue weighted by Gasteiger charge is 2.23. The lowest BCUT2D eigenvalue weighted by molar-refractivity contribution is -0.116. The van der Waals surface area contributed by atoms with Crippen LogP contribution in [-0.4, -0.2) is 24.8 Å². The molecule has 0 aliphatic rings. The van der Waals surface area contributed by atoms with Crippen molar-refractivity contribution < 1.29 is 19.1 Å². The predicted octanol–water partition coefficient (Wildman–Crippen LogP) is 8.54. The Balaban J connectivity index is 1.35. The molecule has 0 bridgehead atoms. The second kappa shape index (κ2) is 15.8. The zero-order valence-corrected chi connectivity index (χ0v) is 27.3. The molecule has 0 saturated heterocycles. The van der Waals surface area contributed by atoms with E-state index in [0.29, 0.717) is 33.3 Å². The van der Waals surface area contributed by atoms with Crippen LogP contribution in [0.5, 0.6) is 5.75 Å². The topological polar surface area (TPSA) is 96.5 Å². The van der Waals surface area contributed by atoms with Gasteiger partial charge in [-0.1, -0.05) is 84.4 Å². The van der Waals surface area contributed by atoms with Crippen molar-refractivity contribution >= 4 is 58.5 Å². The average molecular weight is 662 g/mol. The Morgan fingerprint density at radius 2 is 1.45 bits per heavy atom. The normalized spacial score (nSPS) is 11.7. The molecule has 0 aliphatic carbocycles. The van der Waals surface area contributed by atoms with Crippen LogP contribution in [0.4, 0.5) is 11.4 Å². The lowest BCUT2D eigenvalue weighted by Crippen LogP contribution is -2.30. The Hall–Kier alpha value is -5.31. The first-order valence-electron chi connectivity index (χ1n) is 14.7. The number of aryl methyl sites for hydroxylation is 1. The quantitative estimate of drug-likeness (QED) is 0.0974. The molecule has 0 aromatic heterocycles. The highest BCUT2D eigenvalue weighted by Crippen LogP contribution is 2.37. The number of anilines is 2. The molecule has 1 unspecified atom stereocenters. The van der Waals surface area contributed by atoms with Crippen molar-refractivity contribution in [2.75, 3.05) is 17.7 Å². The van der Waals surface area contributed by atoms with Gasteiger partial charge in [0.2, 0.25) is 5.91 Å². The number of halogens is 1. The summed E-state index contributed by atoms with van der Waals surface area (Å²) in [6.07, 6.45) is 1.57. The van der Waals surface area contributed by atoms with Gasteiger partial charge in [0.1, 0.15) is 16.7 Å². The molecule has 3 N–H and O–H groups in total. The van der Waals surface area contributed by atoms with Crippen molar-refractivity contribution in [3.63, 3.8) is 0 Å². The molecule has 5 rings (SSSR count). The Kier molecular flexibility index (Phi) is 11.1. The summed E-state index contributed by atoms with van der Waals surface area (Å²) in [5.41, 5.74) is 3.98. The van der Waals surface area contributed by atoms with Crippen molar-refractivity contribution in [3.05, 3.63) is 160 Å². The summed E-state index contributed by atoms with van der Waals surface area (Å²) in [5.74, 6) is -0.578. The largest absolute Gasteiger partial charge is 0.496 e. The van der Waals surface area contributed by atoms with E-state index >= 15 is 0 Å². The second-order valence-corrected chi connectivity index (χ2v) is 12.1. The number of benzene rings is 5. The SMILES string of the molecule is COc1ccccc1/C=C(\NC(=O)c1ccccc1)C(=O)Nc1ccc(SC(C(=O)Nc2cc(Cl)ccc2C)c2ccccc2)cc1. The molecule has 47 heavy (non-hydrogen) atoms. The third-order valence-electron chi connectivity index (χ3n) is 7.13. The number of thioether (sulfide) groups is 1. The van der Waals surface area contributed by atoms with Gasteiger partial charge in [0.05, 0.1) is 7.11 Å². The van der Waals surface area contributed by atoms with Crippen molar-refractivity contribution in [1.29, 1.82) is 0 Å². The van der Waals surface area contributed by atoms with Gasteiger partial charge < -0.3 is 20.7 Å². The molecule has 7 nitrogen and oxygen atoms in total. The van der Waals surface area contributed by atoms with Gasteiger partial charge in [0.25, 0.3) is 11.8 Å². The summed E-state index contributed by atoms with van der Waals surface area (Å²) in [5, 5.41) is 8.62. The minimum absolute atomic E-state index is 0.0407. The van der Waals surface area contributed by atoms with Gasteiger partial charge >= 0.3 is 0 Å². The van der Waals surface area contributed by atoms with Crippen LogP contribution < -0.4 is 20.7 Å². The summed E-state index contributed by atoms with van der Waals surface area (Å²) in [7, 11) is 1.54. The highest BCUT2D eigenvalue weighted by molar-refractivity contribution is 8.00. The fourth-order valence-electron chi connectivity index (χ4n) is 4.66. The van der Waals surface area contributed by atoms with Crippen LogP contribution in [0.25, 0.3) is 6.08 Å². The number of ether oxygens (including phenoxy) is 1. The van der Waals surface area contributed by atoms with Gasteiger partial charge in [-0.15, -0.1) is 11.8 Å². The van der Waals surface area contributed by atoms with Gasteiger partial charge in [-0.3, -0.25) is 14.4 Å². The standard InChI is InChI=1S/C38H32ClN3O4S/c1-25-17-18-29(39)24-32(25)41-38(45)35(26-11-5-3-6-12-26)47-31-21-19-30(20-22-31)40-37(44)33(23-28-15-9-10-16-34(28)46-2)42-36(43)27-13-7-4-8-14-27/h3-24,35H,1-2H3,(H,40,44)(H,41,45)(H,42,43)/b33-23-. The number of hydrogen-bond donors (Lipinski definition) is 3. The van der Waals surface area contributed by atoms with E-state index in [1.165, 1.54) is 11.8 Å². The molecule has 5 aromatic carbocycles. The molecule has 0 aliphatic heterocycles. The monoisotopic (exact) mass is 661 g/mol. The fourth-order valence-corrected chi connectivity index (χ4v) is 5.86. The summed E-state index contributed by atoms with van der Waals surface area (Å²) in [6.45, 7) is 1.91. The Labute approximate surface area is 283 Å². The summed E-state index contributed by atoms with van der Waals surface area (Å²) < 4.78 is 5.45. The maximum Gasteiger partial charge on any atom is 0.272 e. The van der Waals surface area contributed by atoms with E-state index in [2.05, 4.69) is 16.0 Å². The summed E-state index contributed by atoms with van der Waals surface area (Å²) in [6, 6.07) is 37.9. The molecule has 5 aromatic rings. The van der Waals surface area contributed by atoms with E-state index in [1.54, 1.807) is 73.8 Å². The van der Waals surface area contributed by atoms with E-state index < -0.39 is 17.1 Å². The zero-order chi connectivity index (χ0) is 33.2. The second-order valence-electron chi connectivity index (χ2n) is 10.5. The first kappa shape index (κ1) is 33.1. The van der Waals surface area contributed by atoms with Crippen LogP contribution in [0.3, 0.4) is 0 Å². The maximum absolute atomic E-state index is 13.6. The number of rotatable bonds is 11. The Morgan fingerprint density at radius 1 is 0.787 bits per heavy atom. The summed E-state index contributed by atoms with van der Waals surface area (Å²) >= 11 is 7.57. The highest BCUT2D eigenvalue weighted by atomic mass is 35.5. The first-order chi connectivity index (χ1) is 22.8. The first-order valence-corrected chi connectivity index (χ1v) is 16.0. The minimum Gasteiger partial charge on any atom is -0.496 e. The molecular weight excluding hydrogens is 630 g/mol. The van der Waals surface area contributed by atoms with Crippen LogP contribution in [0.1, 0.15) is 32.3 Å². The minimum atomic E-state index is -0.557. The van der Waals surface area contributed by atoms with Crippen molar-refractivity contribution in [2.24, 2.45) is 0 Å². The van der Waals surface area contributed by atoms with Crippen LogP contribution >= 0.6 is 23.4 Å². The predicted molar refractivity (Wildman–Crippen MR) is 190 cm³/mol. The molecule has 0 spiro atoms. The van der Waals surface area contributed by atoms with E-state index in [1.807, 2.05) is 73.7 Å². The number of methoxy groups -OCH3 is 1. The van der Waals surface area contributed by atoms with Gasteiger partial charge in [-0.25, -0.2) is 0 Å². The van der Waals surface area contributed by atoms with E-state index in [-0.39, 0.29) is 11.6 Å². The third-order valence-corrected chi connectivity index (χ3v) is 8.63. The Bertz CT molecular complexity index is 1900. The number of para-hydroxylation sites is 1. The smallest absolute Gasteiger partial charge is 0.272 e. The van der Waals surface area contributed by atoms with Crippen LogP contribution in [0.2, 0.25) is 5.02 Å². The fraction of sp³-hybridized carbons (Fsp3) is 0.0789. The molecule has 0 saturated carbocycles. The van der Waals surface area contributed by atoms with E-state index in [4.69, 9.17) is 16.3 Å². The lowest BCUT2D eigenvalue weighted by Gasteiger charge is -2.18. The number of amides is 3. The number of nitrogens with one attached hydrogen (secondary N) is 3. The van der Waals surface area contributed by atoms with Gasteiger partial charge in [0, 0.05) is 32.4 Å². The van der Waals surface area contributed by atoms with Gasteiger partial charge in [-0.2, -0.15) is 0 Å². The molecule has 0 fully saturated rings. The molecule has 1 atom stereocenters. The van der Waals surface area contributed by atoms with Crippen LogP contribution in [-0.2, 0) is 9.59 Å². The molecule has 236 valence electrons. The molecule has 0 heterocycles. The molecule has 9 heteroatoms.